The summed E-state index contributed by atoms with van der Waals surface area (Å²) in [5.74, 6) is -1.31. The fourth-order valence-corrected chi connectivity index (χ4v) is 4.29. The number of hydrogen-bond acceptors (Lipinski definition) is 5. The lowest BCUT2D eigenvalue weighted by Gasteiger charge is -2.20. The Kier molecular flexibility index (Phi) is 7.72. The molecule has 4 rings (SSSR count). The molecular formula is C30H29NO6. The molecular weight excluding hydrogens is 470 g/mol. The number of carbonyl (C=O) groups is 2. The number of rotatable bonds is 9. The van der Waals surface area contributed by atoms with E-state index >= 15 is 0 Å². The van der Waals surface area contributed by atoms with E-state index in [9.17, 15) is 19.5 Å². The second kappa shape index (κ2) is 11.1. The first kappa shape index (κ1) is 25.7. The number of aryl methyl sites for hydroxylation is 2. The average Bonchev–Trinajstić information content (AvgIpc) is 2.89. The summed E-state index contributed by atoms with van der Waals surface area (Å²) >= 11 is 0. The van der Waals surface area contributed by atoms with Crippen molar-refractivity contribution in [1.29, 1.82) is 0 Å². The largest absolute Gasteiger partial charge is 0.480 e. The summed E-state index contributed by atoms with van der Waals surface area (Å²) in [6, 6.07) is 21.2. The molecule has 2 N–H and O–H groups in total. The van der Waals surface area contributed by atoms with E-state index in [1.54, 1.807) is 19.9 Å². The molecule has 0 saturated carbocycles. The SMILES string of the molecule is Cc1c(Cc2ccccc2)c(=O)oc2c(C)c(O[C@@H](C)C(=O)N[C@@H](Cc3ccccc3)C(=O)O)ccc12. The summed E-state index contributed by atoms with van der Waals surface area (Å²) in [7, 11) is 0. The fraction of sp³-hybridized carbons (Fsp3) is 0.233. The van der Waals surface area contributed by atoms with Crippen molar-refractivity contribution in [3.05, 3.63) is 111 Å². The summed E-state index contributed by atoms with van der Waals surface area (Å²) < 4.78 is 11.6. The predicted molar refractivity (Wildman–Crippen MR) is 141 cm³/mol. The highest BCUT2D eigenvalue weighted by Gasteiger charge is 2.25. The molecule has 7 nitrogen and oxygen atoms in total. The van der Waals surface area contributed by atoms with Gasteiger partial charge in [-0.2, -0.15) is 0 Å². The van der Waals surface area contributed by atoms with Crippen LogP contribution >= 0.6 is 0 Å². The highest BCUT2D eigenvalue weighted by atomic mass is 16.5. The van der Waals surface area contributed by atoms with Crippen LogP contribution in [-0.4, -0.2) is 29.1 Å². The Labute approximate surface area is 214 Å². The highest BCUT2D eigenvalue weighted by Crippen LogP contribution is 2.30. The maximum atomic E-state index is 12.9. The van der Waals surface area contributed by atoms with Crippen LogP contribution in [0.2, 0.25) is 0 Å². The van der Waals surface area contributed by atoms with Crippen LogP contribution in [0.4, 0.5) is 0 Å². The molecule has 0 unspecified atom stereocenters. The number of carboxylic acid groups (broad SMARTS) is 1. The first-order chi connectivity index (χ1) is 17.7. The molecule has 0 aliphatic carbocycles. The number of amides is 1. The van der Waals surface area contributed by atoms with Gasteiger partial charge in [0.25, 0.3) is 5.91 Å². The zero-order chi connectivity index (χ0) is 26.5. The van der Waals surface area contributed by atoms with Crippen molar-refractivity contribution in [2.45, 2.75) is 45.8 Å². The number of carboxylic acids is 1. The third-order valence-electron chi connectivity index (χ3n) is 6.45. The number of fused-ring (bicyclic) bond motifs is 1. The lowest BCUT2D eigenvalue weighted by Crippen LogP contribution is -2.47. The van der Waals surface area contributed by atoms with Gasteiger partial charge in [-0.1, -0.05) is 60.7 Å². The molecule has 3 aromatic carbocycles. The number of hydrogen-bond donors (Lipinski definition) is 2. The monoisotopic (exact) mass is 499 g/mol. The minimum absolute atomic E-state index is 0.152. The standard InChI is InChI=1S/C30H29NO6/c1-18-23-14-15-26(19(2)27(23)37-30(35)24(18)16-21-10-6-4-7-11-21)36-20(3)28(32)31-25(29(33)34)17-22-12-8-5-9-13-22/h4-15,20,25H,16-17H2,1-3H3,(H,31,32)(H,33,34)/t20-,25-/m0/s1. The lowest BCUT2D eigenvalue weighted by molar-refractivity contribution is -0.142. The van der Waals surface area contributed by atoms with Crippen LogP contribution in [0.15, 0.2) is 82.0 Å². The van der Waals surface area contributed by atoms with Gasteiger partial charge in [-0.15, -0.1) is 0 Å². The van der Waals surface area contributed by atoms with Crippen molar-refractivity contribution >= 4 is 22.8 Å². The van der Waals surface area contributed by atoms with Crippen molar-refractivity contribution in [3.8, 4) is 5.75 Å². The Hall–Kier alpha value is -4.39. The van der Waals surface area contributed by atoms with Crippen LogP contribution in [0.3, 0.4) is 0 Å². The number of benzene rings is 3. The second-order valence-corrected chi connectivity index (χ2v) is 9.07. The van der Waals surface area contributed by atoms with Gasteiger partial charge in [0.15, 0.2) is 6.10 Å². The number of nitrogens with one attached hydrogen (secondary N) is 1. The van der Waals surface area contributed by atoms with E-state index in [0.717, 1.165) is 22.1 Å². The van der Waals surface area contributed by atoms with Crippen molar-refractivity contribution in [2.24, 2.45) is 0 Å². The molecule has 37 heavy (non-hydrogen) atoms. The van der Waals surface area contributed by atoms with Gasteiger partial charge < -0.3 is 19.6 Å². The van der Waals surface area contributed by atoms with E-state index in [2.05, 4.69) is 5.32 Å². The highest BCUT2D eigenvalue weighted by molar-refractivity contribution is 5.88. The zero-order valence-electron chi connectivity index (χ0n) is 21.0. The van der Waals surface area contributed by atoms with Crippen LogP contribution in [-0.2, 0) is 22.4 Å². The molecule has 1 heterocycles. The first-order valence-electron chi connectivity index (χ1n) is 12.1. The molecule has 1 amide bonds. The Balaban J connectivity index is 1.53. The molecule has 0 aliphatic heterocycles. The molecule has 0 radical (unpaired) electrons. The predicted octanol–water partition coefficient (Wildman–Crippen LogP) is 4.58. The molecule has 0 bridgehead atoms. The molecule has 0 aliphatic rings. The van der Waals surface area contributed by atoms with Crippen LogP contribution in [0.1, 0.15) is 34.7 Å². The smallest absolute Gasteiger partial charge is 0.340 e. The van der Waals surface area contributed by atoms with Crippen molar-refractivity contribution < 1.29 is 23.8 Å². The van der Waals surface area contributed by atoms with E-state index < -0.39 is 29.6 Å². The van der Waals surface area contributed by atoms with E-state index in [0.29, 0.717) is 28.9 Å². The Morgan fingerprint density at radius 1 is 0.919 bits per heavy atom. The van der Waals surface area contributed by atoms with Gasteiger partial charge in [0.05, 0.1) is 0 Å². The minimum atomic E-state index is -1.13. The number of aliphatic carboxylic acids is 1. The van der Waals surface area contributed by atoms with Crippen molar-refractivity contribution in [3.63, 3.8) is 0 Å². The summed E-state index contributed by atoms with van der Waals surface area (Å²) in [5, 5.41) is 12.9. The topological polar surface area (TPSA) is 106 Å². The maximum absolute atomic E-state index is 12.9. The quantitative estimate of drug-likeness (QED) is 0.327. The molecule has 0 fully saturated rings. The van der Waals surface area contributed by atoms with Gasteiger partial charge in [-0.25, -0.2) is 9.59 Å². The normalized spacial score (nSPS) is 12.6. The van der Waals surface area contributed by atoms with Crippen molar-refractivity contribution in [2.75, 3.05) is 0 Å². The first-order valence-corrected chi connectivity index (χ1v) is 12.1. The summed E-state index contributed by atoms with van der Waals surface area (Å²) in [5.41, 5.74) is 3.81. The number of carbonyl (C=O) groups excluding carboxylic acids is 1. The minimum Gasteiger partial charge on any atom is -0.480 e. The van der Waals surface area contributed by atoms with Gasteiger partial charge in [0.2, 0.25) is 0 Å². The van der Waals surface area contributed by atoms with E-state index in [1.165, 1.54) is 0 Å². The number of ether oxygens (including phenoxy) is 1. The summed E-state index contributed by atoms with van der Waals surface area (Å²) in [6.07, 6.45) is -0.356. The van der Waals surface area contributed by atoms with Gasteiger partial charge in [-0.3, -0.25) is 4.79 Å². The molecule has 190 valence electrons. The van der Waals surface area contributed by atoms with E-state index in [1.807, 2.05) is 73.7 Å². The maximum Gasteiger partial charge on any atom is 0.340 e. The van der Waals surface area contributed by atoms with Crippen LogP contribution in [0.5, 0.6) is 5.75 Å². The van der Waals surface area contributed by atoms with E-state index in [-0.39, 0.29) is 6.42 Å². The summed E-state index contributed by atoms with van der Waals surface area (Å²) in [4.78, 5) is 37.4. The Bertz CT molecular complexity index is 1480. The molecule has 1 aromatic heterocycles. The lowest BCUT2D eigenvalue weighted by atomic mass is 9.98. The third kappa shape index (κ3) is 5.89. The fourth-order valence-electron chi connectivity index (χ4n) is 4.29. The summed E-state index contributed by atoms with van der Waals surface area (Å²) in [6.45, 7) is 5.20. The molecule has 2 atom stereocenters. The van der Waals surface area contributed by atoms with Crippen LogP contribution in [0.25, 0.3) is 11.0 Å². The Morgan fingerprint density at radius 3 is 2.16 bits per heavy atom. The molecule has 7 heteroatoms. The zero-order valence-corrected chi connectivity index (χ0v) is 21.0. The van der Waals surface area contributed by atoms with Crippen molar-refractivity contribution in [1.82, 2.24) is 5.32 Å². The second-order valence-electron chi connectivity index (χ2n) is 9.07. The molecule has 0 saturated heterocycles. The van der Waals surface area contributed by atoms with Gasteiger partial charge in [-0.05, 0) is 49.6 Å². The van der Waals surface area contributed by atoms with Crippen LogP contribution in [0, 0.1) is 13.8 Å². The Morgan fingerprint density at radius 2 is 1.54 bits per heavy atom. The van der Waals surface area contributed by atoms with Crippen LogP contribution < -0.4 is 15.7 Å². The van der Waals surface area contributed by atoms with Gasteiger partial charge in [0, 0.05) is 29.4 Å². The molecule has 4 aromatic rings. The third-order valence-corrected chi connectivity index (χ3v) is 6.45. The molecule has 0 spiro atoms. The average molecular weight is 500 g/mol. The van der Waals surface area contributed by atoms with Gasteiger partial charge in [0.1, 0.15) is 17.4 Å². The van der Waals surface area contributed by atoms with Gasteiger partial charge >= 0.3 is 11.6 Å². The van der Waals surface area contributed by atoms with E-state index in [4.69, 9.17) is 9.15 Å².